The predicted molar refractivity (Wildman–Crippen MR) is 353 cm³/mol. The predicted octanol–water partition coefficient (Wildman–Crippen LogP) is 18.2. The van der Waals surface area contributed by atoms with Crippen LogP contribution >= 0.6 is 0 Å². The Morgan fingerprint density at radius 2 is 0.616 bits per heavy atom. The molecule has 2 N–H and O–H groups in total. The van der Waals surface area contributed by atoms with Crippen molar-refractivity contribution in [1.29, 1.82) is 0 Å². The fourth-order valence-corrected chi connectivity index (χ4v) is 11.4. The van der Waals surface area contributed by atoms with Gasteiger partial charge in [0.15, 0.2) is 0 Å². The molecule has 0 spiro atoms. The van der Waals surface area contributed by atoms with E-state index in [1.807, 2.05) is 60.7 Å². The zero-order chi connectivity index (χ0) is 60.8. The van der Waals surface area contributed by atoms with Crippen molar-refractivity contribution in [3.63, 3.8) is 0 Å². The first kappa shape index (κ1) is 56.5. The smallest absolute Gasteiger partial charge is 0.268 e. The van der Waals surface area contributed by atoms with Crippen LogP contribution in [-0.2, 0) is 21.7 Å². The Morgan fingerprint density at radius 1 is 0.314 bits per heavy atom. The summed E-state index contributed by atoms with van der Waals surface area (Å²) >= 11 is 0. The van der Waals surface area contributed by atoms with E-state index in [0.29, 0.717) is 45.3 Å². The van der Waals surface area contributed by atoms with Gasteiger partial charge in [-0.2, -0.15) is 0 Å². The minimum atomic E-state index is -0.614. The Bertz CT molecular complexity index is 4290. The fourth-order valence-electron chi connectivity index (χ4n) is 11.4. The molecule has 0 fully saturated rings. The molecule has 8 heteroatoms. The lowest BCUT2D eigenvalue weighted by Crippen LogP contribution is -2.44. The highest BCUT2D eigenvalue weighted by atomic mass is 16.2. The molecule has 86 heavy (non-hydrogen) atoms. The topological polar surface area (TPSA) is 98.8 Å². The van der Waals surface area contributed by atoms with Crippen molar-refractivity contribution in [2.75, 3.05) is 20.4 Å². The summed E-state index contributed by atoms with van der Waals surface area (Å²) in [7, 11) is 0. The maximum atomic E-state index is 15.9. The van der Waals surface area contributed by atoms with Gasteiger partial charge < -0.3 is 10.6 Å². The molecule has 424 valence electrons. The lowest BCUT2D eigenvalue weighted by molar-refractivity contribution is 0.0873. The standard InChI is InChI=1S/C78H68N4O4/c1-75(2,3)55-39-56(76(4,5)6)42-59(41-55)79-65-45-63-68-67-64(72(84)81(73(85)69(65)67)61-33-27-47(28-34-61)21-23-49-25-31-51-17-13-15-19-53(51)37-49)46-66(80-60-43-57(77(7,8)9)40-58(44-60)78(10,11)12)70(68)74(86)82(71(63)83)62-35-29-48(30-36-62)22-24-50-26-32-52-18-14-16-20-54(52)38-50/h13-20,25-46,79-80H,1-12H3. The minimum Gasteiger partial charge on any atom is -0.355 e. The first-order chi connectivity index (χ1) is 40.8. The SMILES string of the molecule is CC(C)(C)c1cc(Nc2cc3c4c(c(Nc5cc(C(C)(C)C)cc(C(C)(C)C)c5)cc5c4c2C(=O)N(c2ccc(C#Cc4ccc6ccccc6c4)cc2)C5=O)C(=O)N(c2ccc(C#Cc4ccc5ccccc5c4)cc2)C3=O)cc(C(C)(C)C)c1. The van der Waals surface area contributed by atoms with Crippen LogP contribution < -0.4 is 20.4 Å². The Balaban J connectivity index is 1.04. The van der Waals surface area contributed by atoms with Crippen molar-refractivity contribution in [1.82, 2.24) is 0 Å². The highest BCUT2D eigenvalue weighted by Crippen LogP contribution is 2.48. The minimum absolute atomic E-state index is 0.149. The lowest BCUT2D eigenvalue weighted by Gasteiger charge is -2.35. The summed E-state index contributed by atoms with van der Waals surface area (Å²) in [5.74, 6) is 10.7. The lowest BCUT2D eigenvalue weighted by atomic mass is 9.80. The van der Waals surface area contributed by atoms with Crippen molar-refractivity contribution >= 4 is 90.1 Å². The number of hydrogen-bond acceptors (Lipinski definition) is 6. The molecule has 12 rings (SSSR count). The van der Waals surface area contributed by atoms with Gasteiger partial charge in [0.25, 0.3) is 23.6 Å². The Morgan fingerprint density at radius 3 is 0.942 bits per heavy atom. The van der Waals surface area contributed by atoms with Crippen molar-refractivity contribution in [3.8, 4) is 23.7 Å². The Kier molecular flexibility index (Phi) is 13.7. The van der Waals surface area contributed by atoms with Crippen LogP contribution in [0.15, 0.2) is 182 Å². The van der Waals surface area contributed by atoms with Gasteiger partial charge >= 0.3 is 0 Å². The molecule has 0 aromatic heterocycles. The van der Waals surface area contributed by atoms with Crippen molar-refractivity contribution < 1.29 is 19.2 Å². The second kappa shape index (κ2) is 20.9. The van der Waals surface area contributed by atoms with Crippen LogP contribution in [0, 0.1) is 23.7 Å². The number of amides is 4. The van der Waals surface area contributed by atoms with Crippen LogP contribution in [0.1, 0.15) is 169 Å². The van der Waals surface area contributed by atoms with Gasteiger partial charge in [0.1, 0.15) is 0 Å². The summed E-state index contributed by atoms with van der Waals surface area (Å²) in [6, 6.07) is 58.8. The molecule has 2 aliphatic rings. The molecule has 0 saturated heterocycles. The van der Waals surface area contributed by atoms with Gasteiger partial charge in [0.05, 0.1) is 45.0 Å². The normalized spacial score (nSPS) is 13.4. The highest BCUT2D eigenvalue weighted by Gasteiger charge is 2.44. The third-order valence-electron chi connectivity index (χ3n) is 16.4. The number of nitrogens with one attached hydrogen (secondary N) is 2. The van der Waals surface area contributed by atoms with Gasteiger partial charge in [0, 0.05) is 44.4 Å². The van der Waals surface area contributed by atoms with E-state index in [1.54, 1.807) is 36.4 Å². The molecule has 0 atom stereocenters. The fraction of sp³-hybridized carbons (Fsp3) is 0.205. The first-order valence-corrected chi connectivity index (χ1v) is 29.3. The summed E-state index contributed by atoms with van der Waals surface area (Å²) in [6.45, 7) is 25.9. The van der Waals surface area contributed by atoms with Crippen LogP contribution in [0.2, 0.25) is 0 Å². The van der Waals surface area contributed by atoms with E-state index < -0.39 is 23.6 Å². The van der Waals surface area contributed by atoms with E-state index >= 15 is 19.2 Å². The number of hydrogen-bond donors (Lipinski definition) is 2. The summed E-state index contributed by atoms with van der Waals surface area (Å²) in [4.78, 5) is 65.6. The van der Waals surface area contributed by atoms with E-state index in [1.165, 1.54) is 9.80 Å². The molecule has 0 aliphatic carbocycles. The third kappa shape index (κ3) is 10.7. The van der Waals surface area contributed by atoms with Crippen molar-refractivity contribution in [3.05, 3.63) is 249 Å². The van der Waals surface area contributed by atoms with E-state index in [2.05, 4.69) is 202 Å². The maximum Gasteiger partial charge on any atom is 0.268 e. The largest absolute Gasteiger partial charge is 0.355 e. The number of carbonyl (C=O) groups excluding carboxylic acids is 4. The number of benzene rings is 10. The van der Waals surface area contributed by atoms with E-state index in [0.717, 1.165) is 54.9 Å². The quantitative estimate of drug-likeness (QED) is 0.127. The van der Waals surface area contributed by atoms with E-state index in [9.17, 15) is 0 Å². The maximum absolute atomic E-state index is 15.9. The van der Waals surface area contributed by atoms with Crippen LogP contribution in [0.25, 0.3) is 32.3 Å². The van der Waals surface area contributed by atoms with Gasteiger partial charge in [-0.3, -0.25) is 19.2 Å². The average Bonchev–Trinajstić information content (AvgIpc) is 0.771. The molecular weight excluding hydrogens is 1060 g/mol. The molecule has 10 aromatic rings. The second-order valence-corrected chi connectivity index (χ2v) is 26.9. The van der Waals surface area contributed by atoms with Crippen LogP contribution in [0.3, 0.4) is 0 Å². The molecule has 0 bridgehead atoms. The molecule has 0 saturated carbocycles. The number of nitrogens with zero attached hydrogens (tertiary/aromatic N) is 2. The summed E-state index contributed by atoms with van der Waals surface area (Å²) in [5, 5.41) is 12.2. The summed E-state index contributed by atoms with van der Waals surface area (Å²) < 4.78 is 0. The van der Waals surface area contributed by atoms with Crippen LogP contribution in [-0.4, -0.2) is 23.6 Å². The molecule has 0 radical (unpaired) electrons. The van der Waals surface area contributed by atoms with E-state index in [-0.39, 0.29) is 54.7 Å². The van der Waals surface area contributed by atoms with E-state index in [4.69, 9.17) is 0 Å². The van der Waals surface area contributed by atoms with Gasteiger partial charge in [-0.05, 0) is 175 Å². The molecule has 2 heterocycles. The van der Waals surface area contributed by atoms with Gasteiger partial charge in [0.2, 0.25) is 0 Å². The molecule has 0 unspecified atom stereocenters. The Hall–Kier alpha value is -10.0. The highest BCUT2D eigenvalue weighted by molar-refractivity contribution is 6.44. The third-order valence-corrected chi connectivity index (χ3v) is 16.4. The van der Waals surface area contributed by atoms with Crippen molar-refractivity contribution in [2.45, 2.75) is 105 Å². The van der Waals surface area contributed by atoms with Crippen LogP contribution in [0.4, 0.5) is 34.1 Å². The monoisotopic (exact) mass is 1120 g/mol. The number of imide groups is 2. The number of rotatable bonds is 6. The number of carbonyl (C=O) groups is 4. The molecule has 10 aromatic carbocycles. The molecule has 4 amide bonds. The summed E-state index contributed by atoms with van der Waals surface area (Å²) in [5.41, 5.74) is 9.60. The second-order valence-electron chi connectivity index (χ2n) is 26.9. The Labute approximate surface area is 504 Å². The van der Waals surface area contributed by atoms with Gasteiger partial charge in [-0.15, -0.1) is 0 Å². The zero-order valence-corrected chi connectivity index (χ0v) is 50.8. The first-order valence-electron chi connectivity index (χ1n) is 29.3. The molecule has 2 aliphatic heterocycles. The van der Waals surface area contributed by atoms with Gasteiger partial charge in [-0.25, -0.2) is 9.80 Å². The zero-order valence-electron chi connectivity index (χ0n) is 50.8. The molecular formula is C78H68N4O4. The summed E-state index contributed by atoms with van der Waals surface area (Å²) in [6.07, 6.45) is 0. The van der Waals surface area contributed by atoms with Crippen molar-refractivity contribution in [2.24, 2.45) is 0 Å². The molecule has 8 nitrogen and oxygen atoms in total. The van der Waals surface area contributed by atoms with Gasteiger partial charge in [-0.1, -0.05) is 180 Å². The number of anilines is 6. The average molecular weight is 1130 g/mol. The van der Waals surface area contributed by atoms with Crippen LogP contribution in [0.5, 0.6) is 0 Å². The number of fused-ring (bicyclic) bond motifs is 2.